The molecule has 0 spiro atoms. The highest BCUT2D eigenvalue weighted by atomic mass is 16.7. The predicted octanol–water partition coefficient (Wildman–Crippen LogP) is 0.286. The van der Waals surface area contributed by atoms with Crippen LogP contribution in [0.1, 0.15) is 72.6 Å². The molecule has 2 saturated heterocycles. The molecule has 2 rings (SSSR count). The highest BCUT2D eigenvalue weighted by Crippen LogP contribution is 2.30. The molecule has 0 radical (unpaired) electrons. The van der Waals surface area contributed by atoms with E-state index in [4.69, 9.17) is 18.9 Å². The summed E-state index contributed by atoms with van der Waals surface area (Å²) in [6, 6.07) is 0. The molecule has 0 aliphatic carbocycles. The van der Waals surface area contributed by atoms with Crippen LogP contribution >= 0.6 is 0 Å². The van der Waals surface area contributed by atoms with Gasteiger partial charge in [-0.25, -0.2) is 0 Å². The van der Waals surface area contributed by atoms with E-state index >= 15 is 0 Å². The molecule has 0 aromatic carbocycles. The van der Waals surface area contributed by atoms with Gasteiger partial charge >= 0.3 is 0 Å². The number of aliphatic hydroxyl groups is 7. The van der Waals surface area contributed by atoms with Crippen molar-refractivity contribution in [3.05, 3.63) is 0 Å². The first-order valence-corrected chi connectivity index (χ1v) is 14.2. The second-order valence-electron chi connectivity index (χ2n) is 11.6. The second kappa shape index (κ2) is 16.7. The van der Waals surface area contributed by atoms with E-state index in [9.17, 15) is 35.7 Å². The van der Waals surface area contributed by atoms with Crippen molar-refractivity contribution < 1.29 is 54.7 Å². The maximum absolute atomic E-state index is 10.7. The van der Waals surface area contributed by atoms with Crippen molar-refractivity contribution in [3.63, 3.8) is 0 Å². The van der Waals surface area contributed by atoms with Crippen LogP contribution in [0.3, 0.4) is 0 Å². The summed E-state index contributed by atoms with van der Waals surface area (Å²) in [5.74, 6) is 1.89. The number of rotatable bonds is 16. The van der Waals surface area contributed by atoms with Crippen LogP contribution in [0.4, 0.5) is 0 Å². The van der Waals surface area contributed by atoms with Crippen LogP contribution in [-0.2, 0) is 18.9 Å². The van der Waals surface area contributed by atoms with Crippen molar-refractivity contribution in [2.24, 2.45) is 17.8 Å². The van der Waals surface area contributed by atoms with Crippen molar-refractivity contribution in [3.8, 4) is 0 Å². The van der Waals surface area contributed by atoms with Crippen LogP contribution in [0.25, 0.3) is 0 Å². The van der Waals surface area contributed by atoms with Gasteiger partial charge in [-0.1, -0.05) is 66.2 Å². The third kappa shape index (κ3) is 9.88. The summed E-state index contributed by atoms with van der Waals surface area (Å²) in [6.07, 6.45) is -6.42. The molecule has 12 atom stereocenters. The molecule has 38 heavy (non-hydrogen) atoms. The fourth-order valence-corrected chi connectivity index (χ4v) is 5.06. The van der Waals surface area contributed by atoms with E-state index in [0.29, 0.717) is 12.5 Å². The van der Waals surface area contributed by atoms with E-state index in [0.717, 1.165) is 31.1 Å². The Hall–Kier alpha value is -0.440. The van der Waals surface area contributed by atoms with Gasteiger partial charge in [0, 0.05) is 0 Å². The number of ether oxygens (including phenoxy) is 4. The van der Waals surface area contributed by atoms with Gasteiger partial charge in [0.2, 0.25) is 0 Å². The minimum absolute atomic E-state index is 0.302. The Morgan fingerprint density at radius 1 is 0.605 bits per heavy atom. The molecule has 2 fully saturated rings. The summed E-state index contributed by atoms with van der Waals surface area (Å²) in [4.78, 5) is 0. The first-order chi connectivity index (χ1) is 18.0. The van der Waals surface area contributed by atoms with Gasteiger partial charge in [0.25, 0.3) is 0 Å². The van der Waals surface area contributed by atoms with Crippen LogP contribution in [0.5, 0.6) is 0 Å². The molecule has 0 bridgehead atoms. The van der Waals surface area contributed by atoms with Crippen LogP contribution < -0.4 is 0 Å². The SMILES string of the molecule is CC(C)CCCC(C)CCCC(C)CCO[C@H]1O[C@H](CO)[C@@H](O[C@@H]2O[C@H](CO)[C@@H](O)[C@H](O)[C@H]2O)[C@H](O)[C@H]1O. The zero-order chi connectivity index (χ0) is 28.4. The summed E-state index contributed by atoms with van der Waals surface area (Å²) in [5.41, 5.74) is 0. The Morgan fingerprint density at radius 3 is 1.71 bits per heavy atom. The summed E-state index contributed by atoms with van der Waals surface area (Å²) in [5, 5.41) is 70.6. The largest absolute Gasteiger partial charge is 0.394 e. The van der Waals surface area contributed by atoms with E-state index in [-0.39, 0.29) is 0 Å². The number of hydrogen-bond donors (Lipinski definition) is 7. The Bertz CT molecular complexity index is 634. The van der Waals surface area contributed by atoms with Gasteiger partial charge in [-0.05, 0) is 24.2 Å². The lowest BCUT2D eigenvalue weighted by atomic mass is 9.93. The van der Waals surface area contributed by atoms with Gasteiger partial charge in [-0.2, -0.15) is 0 Å². The quantitative estimate of drug-likeness (QED) is 0.140. The molecule has 226 valence electrons. The maximum atomic E-state index is 10.7. The van der Waals surface area contributed by atoms with Crippen LogP contribution in [0.2, 0.25) is 0 Å². The van der Waals surface area contributed by atoms with Gasteiger partial charge in [-0.3, -0.25) is 0 Å². The average Bonchev–Trinajstić information content (AvgIpc) is 2.87. The molecule has 0 aromatic rings. The maximum Gasteiger partial charge on any atom is 0.187 e. The first kappa shape index (κ1) is 33.8. The van der Waals surface area contributed by atoms with Gasteiger partial charge < -0.3 is 54.7 Å². The van der Waals surface area contributed by atoms with E-state index in [2.05, 4.69) is 27.7 Å². The lowest BCUT2D eigenvalue weighted by molar-refractivity contribution is -0.359. The lowest BCUT2D eigenvalue weighted by Gasteiger charge is -2.46. The average molecular weight is 553 g/mol. The predicted molar refractivity (Wildman–Crippen MR) is 138 cm³/mol. The fraction of sp³-hybridized carbons (Fsp3) is 1.00. The summed E-state index contributed by atoms with van der Waals surface area (Å²) < 4.78 is 22.2. The highest BCUT2D eigenvalue weighted by molar-refractivity contribution is 4.94. The molecular formula is C27H52O11. The van der Waals surface area contributed by atoms with Crippen molar-refractivity contribution in [1.82, 2.24) is 0 Å². The standard InChI is InChI=1S/C27H52O11/c1-15(2)7-5-8-16(3)9-6-10-17(4)11-12-35-26-24(34)22(32)25(19(14-29)37-26)38-27-23(33)21(31)20(30)18(13-28)36-27/h15-34H,5-14H2,1-4H3/t16?,17?,18-,19-,20-,21+,22-,23-,24-,25-,26+,27+/m1/s1. The Morgan fingerprint density at radius 2 is 1.13 bits per heavy atom. The molecule has 2 heterocycles. The zero-order valence-electron chi connectivity index (χ0n) is 23.3. The van der Waals surface area contributed by atoms with Crippen LogP contribution in [-0.4, -0.2) is 117 Å². The zero-order valence-corrected chi connectivity index (χ0v) is 23.3. The molecule has 2 aliphatic rings. The Balaban J connectivity index is 1.78. The molecule has 2 aliphatic heterocycles. The number of hydrogen-bond acceptors (Lipinski definition) is 11. The van der Waals surface area contributed by atoms with Crippen LogP contribution in [0, 0.1) is 17.8 Å². The molecular weight excluding hydrogens is 500 g/mol. The fourth-order valence-electron chi connectivity index (χ4n) is 5.06. The van der Waals surface area contributed by atoms with Gasteiger partial charge in [0.05, 0.1) is 19.8 Å². The van der Waals surface area contributed by atoms with Crippen molar-refractivity contribution >= 4 is 0 Å². The Labute approximate surface area is 226 Å². The number of aliphatic hydroxyl groups excluding tert-OH is 7. The molecule has 7 N–H and O–H groups in total. The Kier molecular flexibility index (Phi) is 14.9. The van der Waals surface area contributed by atoms with Gasteiger partial charge in [0.15, 0.2) is 12.6 Å². The monoisotopic (exact) mass is 552 g/mol. The minimum Gasteiger partial charge on any atom is -0.394 e. The molecule has 2 unspecified atom stereocenters. The van der Waals surface area contributed by atoms with E-state index in [1.165, 1.54) is 25.7 Å². The summed E-state index contributed by atoms with van der Waals surface area (Å²) in [6.45, 7) is 8.05. The summed E-state index contributed by atoms with van der Waals surface area (Å²) >= 11 is 0. The third-order valence-corrected chi connectivity index (χ3v) is 7.73. The molecule has 0 saturated carbocycles. The molecule has 11 nitrogen and oxygen atoms in total. The van der Waals surface area contributed by atoms with E-state index in [1.807, 2.05) is 0 Å². The summed E-state index contributed by atoms with van der Waals surface area (Å²) in [7, 11) is 0. The smallest absolute Gasteiger partial charge is 0.187 e. The first-order valence-electron chi connectivity index (χ1n) is 14.2. The van der Waals surface area contributed by atoms with E-state index in [1.54, 1.807) is 0 Å². The van der Waals surface area contributed by atoms with Crippen molar-refractivity contribution in [2.45, 2.75) is 134 Å². The minimum atomic E-state index is -1.70. The third-order valence-electron chi connectivity index (χ3n) is 7.73. The van der Waals surface area contributed by atoms with Gasteiger partial charge in [0.1, 0.15) is 48.8 Å². The van der Waals surface area contributed by atoms with Crippen molar-refractivity contribution in [1.29, 1.82) is 0 Å². The second-order valence-corrected chi connectivity index (χ2v) is 11.6. The highest BCUT2D eigenvalue weighted by Gasteiger charge is 2.50. The lowest BCUT2D eigenvalue weighted by Crippen LogP contribution is -2.64. The van der Waals surface area contributed by atoms with Gasteiger partial charge in [-0.15, -0.1) is 0 Å². The van der Waals surface area contributed by atoms with E-state index < -0.39 is 74.6 Å². The normalized spacial score (nSPS) is 37.9. The molecule has 0 amide bonds. The molecule has 0 aromatic heterocycles. The topological polar surface area (TPSA) is 179 Å². The molecule has 11 heteroatoms. The van der Waals surface area contributed by atoms with Crippen molar-refractivity contribution in [2.75, 3.05) is 19.8 Å². The van der Waals surface area contributed by atoms with Crippen LogP contribution in [0.15, 0.2) is 0 Å².